The number of hydrogen-bond donors (Lipinski definition) is 0. The Morgan fingerprint density at radius 2 is 1.08 bits per heavy atom. The molecule has 0 fully saturated rings. The standard InChI is InChI=1S/C21H13BrFN3/c22-18-16(12-7-13-17(18)23)21-25-19(14-8-3-1-4-9-14)24-20(26-21)15-10-5-2-6-11-15/h1-13H. The van der Waals surface area contributed by atoms with E-state index in [0.29, 0.717) is 27.5 Å². The number of nitrogens with zero attached hydrogens (tertiary/aromatic N) is 3. The molecule has 0 amide bonds. The summed E-state index contributed by atoms with van der Waals surface area (Å²) in [5.74, 6) is 1.16. The molecule has 1 aromatic heterocycles. The quantitative estimate of drug-likeness (QED) is 0.433. The molecule has 126 valence electrons. The summed E-state index contributed by atoms with van der Waals surface area (Å²) >= 11 is 3.30. The molecule has 1 heterocycles. The van der Waals surface area contributed by atoms with Crippen LogP contribution in [0.2, 0.25) is 0 Å². The van der Waals surface area contributed by atoms with Gasteiger partial charge in [-0.1, -0.05) is 66.7 Å². The van der Waals surface area contributed by atoms with Crippen LogP contribution < -0.4 is 0 Å². The molecule has 0 atom stereocenters. The number of halogens is 2. The molecular formula is C21H13BrFN3. The molecule has 0 radical (unpaired) electrons. The summed E-state index contributed by atoms with van der Waals surface area (Å²) in [6.07, 6.45) is 0. The minimum absolute atomic E-state index is 0.337. The van der Waals surface area contributed by atoms with Crippen molar-refractivity contribution in [2.45, 2.75) is 0 Å². The molecule has 3 nitrogen and oxygen atoms in total. The minimum atomic E-state index is -0.356. The van der Waals surface area contributed by atoms with E-state index in [2.05, 4.69) is 30.9 Å². The van der Waals surface area contributed by atoms with E-state index in [1.54, 1.807) is 12.1 Å². The summed E-state index contributed by atoms with van der Waals surface area (Å²) < 4.78 is 14.3. The van der Waals surface area contributed by atoms with Crippen LogP contribution in [0.25, 0.3) is 34.2 Å². The third-order valence-electron chi connectivity index (χ3n) is 3.89. The summed E-state index contributed by atoms with van der Waals surface area (Å²) in [7, 11) is 0. The van der Waals surface area contributed by atoms with Crippen LogP contribution in [0.5, 0.6) is 0 Å². The van der Waals surface area contributed by atoms with Gasteiger partial charge in [-0.05, 0) is 28.1 Å². The summed E-state index contributed by atoms with van der Waals surface area (Å²) in [5, 5.41) is 0. The molecule has 0 unspecified atom stereocenters. The Morgan fingerprint density at radius 3 is 1.62 bits per heavy atom. The van der Waals surface area contributed by atoms with Crippen molar-refractivity contribution in [2.24, 2.45) is 0 Å². The van der Waals surface area contributed by atoms with E-state index in [1.165, 1.54) is 6.07 Å². The molecule has 0 spiro atoms. The van der Waals surface area contributed by atoms with Crippen LogP contribution in [-0.4, -0.2) is 15.0 Å². The van der Waals surface area contributed by atoms with Gasteiger partial charge in [-0.3, -0.25) is 0 Å². The Bertz CT molecular complexity index is 996. The Hall–Kier alpha value is -2.92. The second-order valence-corrected chi connectivity index (χ2v) is 6.43. The average Bonchev–Trinajstić information content (AvgIpc) is 2.71. The summed E-state index contributed by atoms with van der Waals surface area (Å²) in [4.78, 5) is 13.8. The fourth-order valence-corrected chi connectivity index (χ4v) is 3.05. The monoisotopic (exact) mass is 405 g/mol. The lowest BCUT2D eigenvalue weighted by Gasteiger charge is -2.09. The fraction of sp³-hybridized carbons (Fsp3) is 0. The van der Waals surface area contributed by atoms with Crippen molar-refractivity contribution in [3.8, 4) is 34.2 Å². The fourth-order valence-electron chi connectivity index (χ4n) is 2.61. The summed E-state index contributed by atoms with van der Waals surface area (Å²) in [6, 6.07) is 24.2. The number of hydrogen-bond acceptors (Lipinski definition) is 3. The molecular weight excluding hydrogens is 393 g/mol. The van der Waals surface area contributed by atoms with Crippen LogP contribution in [0, 0.1) is 5.82 Å². The van der Waals surface area contributed by atoms with Crippen molar-refractivity contribution in [2.75, 3.05) is 0 Å². The van der Waals surface area contributed by atoms with Gasteiger partial charge in [0.2, 0.25) is 0 Å². The third-order valence-corrected chi connectivity index (χ3v) is 4.70. The second-order valence-electron chi connectivity index (χ2n) is 5.64. The zero-order chi connectivity index (χ0) is 17.9. The molecule has 4 rings (SSSR count). The first-order valence-electron chi connectivity index (χ1n) is 8.03. The zero-order valence-corrected chi connectivity index (χ0v) is 15.2. The lowest BCUT2D eigenvalue weighted by Crippen LogP contribution is -2.00. The van der Waals surface area contributed by atoms with Gasteiger partial charge in [-0.25, -0.2) is 19.3 Å². The van der Waals surface area contributed by atoms with Crippen molar-refractivity contribution < 1.29 is 4.39 Å². The Balaban J connectivity index is 1.95. The van der Waals surface area contributed by atoms with E-state index >= 15 is 0 Å². The van der Waals surface area contributed by atoms with Gasteiger partial charge in [-0.2, -0.15) is 0 Å². The van der Waals surface area contributed by atoms with Gasteiger partial charge in [-0.15, -0.1) is 0 Å². The smallest absolute Gasteiger partial charge is 0.165 e. The highest BCUT2D eigenvalue weighted by atomic mass is 79.9. The van der Waals surface area contributed by atoms with Crippen molar-refractivity contribution in [3.05, 3.63) is 89.2 Å². The van der Waals surface area contributed by atoms with Gasteiger partial charge in [0.15, 0.2) is 17.5 Å². The van der Waals surface area contributed by atoms with Crippen LogP contribution in [0.3, 0.4) is 0 Å². The Morgan fingerprint density at radius 1 is 0.577 bits per heavy atom. The van der Waals surface area contributed by atoms with Gasteiger partial charge in [0.05, 0.1) is 4.47 Å². The van der Waals surface area contributed by atoms with Gasteiger partial charge >= 0.3 is 0 Å². The topological polar surface area (TPSA) is 38.7 Å². The first kappa shape index (κ1) is 16.5. The van der Waals surface area contributed by atoms with Crippen LogP contribution in [-0.2, 0) is 0 Å². The molecule has 5 heteroatoms. The van der Waals surface area contributed by atoms with Crippen LogP contribution >= 0.6 is 15.9 Å². The lowest BCUT2D eigenvalue weighted by atomic mass is 10.1. The molecule has 4 aromatic rings. The van der Waals surface area contributed by atoms with Crippen molar-refractivity contribution in [3.63, 3.8) is 0 Å². The predicted octanol–water partition coefficient (Wildman–Crippen LogP) is 5.77. The second kappa shape index (κ2) is 7.14. The first-order chi connectivity index (χ1) is 12.7. The maximum atomic E-state index is 14.0. The van der Waals surface area contributed by atoms with Gasteiger partial charge in [0.25, 0.3) is 0 Å². The third kappa shape index (κ3) is 3.26. The highest BCUT2D eigenvalue weighted by Gasteiger charge is 2.15. The SMILES string of the molecule is Fc1cccc(-c2nc(-c3ccccc3)nc(-c3ccccc3)n2)c1Br. The van der Waals surface area contributed by atoms with Crippen LogP contribution in [0.4, 0.5) is 4.39 Å². The van der Waals surface area contributed by atoms with Gasteiger partial charge < -0.3 is 0 Å². The average molecular weight is 406 g/mol. The Labute approximate surface area is 158 Å². The van der Waals surface area contributed by atoms with E-state index in [4.69, 9.17) is 0 Å². The largest absolute Gasteiger partial charge is 0.208 e. The normalized spacial score (nSPS) is 10.7. The molecule has 0 saturated carbocycles. The molecule has 0 N–H and O–H groups in total. The summed E-state index contributed by atoms with van der Waals surface area (Å²) in [6.45, 7) is 0. The first-order valence-corrected chi connectivity index (χ1v) is 8.83. The molecule has 26 heavy (non-hydrogen) atoms. The zero-order valence-electron chi connectivity index (χ0n) is 13.6. The van der Waals surface area contributed by atoms with E-state index < -0.39 is 0 Å². The number of benzene rings is 3. The van der Waals surface area contributed by atoms with E-state index in [-0.39, 0.29) is 5.82 Å². The lowest BCUT2D eigenvalue weighted by molar-refractivity contribution is 0.621. The molecule has 0 aliphatic rings. The van der Waals surface area contributed by atoms with Crippen molar-refractivity contribution in [1.82, 2.24) is 15.0 Å². The van der Waals surface area contributed by atoms with E-state index in [0.717, 1.165) is 11.1 Å². The minimum Gasteiger partial charge on any atom is -0.208 e. The van der Waals surface area contributed by atoms with Gasteiger partial charge in [0.1, 0.15) is 5.82 Å². The molecule has 0 aliphatic heterocycles. The van der Waals surface area contributed by atoms with E-state index in [9.17, 15) is 4.39 Å². The summed E-state index contributed by atoms with van der Waals surface area (Å²) in [5.41, 5.74) is 2.34. The van der Waals surface area contributed by atoms with Crippen LogP contribution in [0.15, 0.2) is 83.3 Å². The molecule has 0 aliphatic carbocycles. The van der Waals surface area contributed by atoms with E-state index in [1.807, 2.05) is 60.7 Å². The van der Waals surface area contributed by atoms with Gasteiger partial charge in [0, 0.05) is 16.7 Å². The Kier molecular flexibility index (Phi) is 4.54. The van der Waals surface area contributed by atoms with Crippen molar-refractivity contribution in [1.29, 1.82) is 0 Å². The number of rotatable bonds is 3. The molecule has 0 saturated heterocycles. The highest BCUT2D eigenvalue weighted by molar-refractivity contribution is 9.10. The predicted molar refractivity (Wildman–Crippen MR) is 104 cm³/mol. The van der Waals surface area contributed by atoms with Crippen molar-refractivity contribution >= 4 is 15.9 Å². The maximum Gasteiger partial charge on any atom is 0.165 e. The molecule has 3 aromatic carbocycles. The maximum absolute atomic E-state index is 14.0. The highest BCUT2D eigenvalue weighted by Crippen LogP contribution is 2.30. The number of aromatic nitrogens is 3. The molecule has 0 bridgehead atoms. The van der Waals surface area contributed by atoms with Crippen LogP contribution in [0.1, 0.15) is 0 Å².